The number of hydrogen-bond acceptors (Lipinski definition) is 0. The lowest BCUT2D eigenvalue weighted by molar-refractivity contribution is 0.541. The SMILES string of the molecule is F.F.F.Fc1cccc(F)c1[S]. The summed E-state index contributed by atoms with van der Waals surface area (Å²) in [6.07, 6.45) is 0. The Labute approximate surface area is 71.1 Å². The minimum Gasteiger partial charge on any atom is -0.269 e. The molecule has 0 spiro atoms. The molecule has 0 aliphatic rings. The van der Waals surface area contributed by atoms with Crippen LogP contribution < -0.4 is 0 Å². The molecule has 1 aromatic carbocycles. The molecule has 0 saturated carbocycles. The van der Waals surface area contributed by atoms with Crippen molar-refractivity contribution in [3.8, 4) is 0 Å². The molecule has 12 heavy (non-hydrogen) atoms. The van der Waals surface area contributed by atoms with Crippen molar-refractivity contribution in [2.45, 2.75) is 4.90 Å². The lowest BCUT2D eigenvalue weighted by Gasteiger charge is -1.91. The first kappa shape index (κ1) is 17.3. The average Bonchev–Trinajstić information content (AvgIpc) is 1.83. The lowest BCUT2D eigenvalue weighted by atomic mass is 10.3. The Balaban J connectivity index is -0.000000270. The number of hydrogen-bond donors (Lipinski definition) is 0. The highest BCUT2D eigenvalue weighted by atomic mass is 32.1. The monoisotopic (exact) mass is 205 g/mol. The molecule has 0 nitrogen and oxygen atoms in total. The molecule has 0 heterocycles. The summed E-state index contributed by atoms with van der Waals surface area (Å²) in [5, 5.41) is 0. The van der Waals surface area contributed by atoms with Gasteiger partial charge < -0.3 is 0 Å². The second-order valence-electron chi connectivity index (χ2n) is 1.55. The van der Waals surface area contributed by atoms with Crippen molar-refractivity contribution >= 4 is 12.6 Å². The molecule has 1 radical (unpaired) electrons. The number of benzene rings is 1. The van der Waals surface area contributed by atoms with Crippen LogP contribution in [-0.2, 0) is 0 Å². The first-order chi connectivity index (χ1) is 4.22. The largest absolute Gasteiger partial charge is 0.269 e. The van der Waals surface area contributed by atoms with Crippen molar-refractivity contribution in [2.75, 3.05) is 0 Å². The van der Waals surface area contributed by atoms with E-state index in [1.54, 1.807) is 0 Å². The topological polar surface area (TPSA) is 0 Å². The molecule has 0 aliphatic carbocycles. The van der Waals surface area contributed by atoms with Crippen molar-refractivity contribution in [3.05, 3.63) is 29.8 Å². The second-order valence-corrected chi connectivity index (χ2v) is 1.96. The summed E-state index contributed by atoms with van der Waals surface area (Å²) in [5.74, 6) is -1.35. The van der Waals surface area contributed by atoms with Gasteiger partial charge in [0.15, 0.2) is 0 Å². The van der Waals surface area contributed by atoms with Gasteiger partial charge in [-0.2, -0.15) is 0 Å². The highest BCUT2D eigenvalue weighted by molar-refractivity contribution is 7.80. The van der Waals surface area contributed by atoms with E-state index in [0.717, 1.165) is 12.1 Å². The molecular weight excluding hydrogens is 199 g/mol. The predicted octanol–water partition coefficient (Wildman–Crippen LogP) is 2.98. The van der Waals surface area contributed by atoms with Crippen LogP contribution in [0.4, 0.5) is 22.9 Å². The van der Waals surface area contributed by atoms with E-state index >= 15 is 0 Å². The van der Waals surface area contributed by atoms with Gasteiger partial charge in [0.2, 0.25) is 0 Å². The molecule has 1 rings (SSSR count). The maximum Gasteiger partial charge on any atom is 0.144 e. The molecule has 0 amide bonds. The van der Waals surface area contributed by atoms with Crippen LogP contribution in [0, 0.1) is 11.6 Å². The van der Waals surface area contributed by atoms with E-state index in [1.807, 2.05) is 0 Å². The molecule has 71 valence electrons. The molecule has 0 bridgehead atoms. The minimum absolute atomic E-state index is 0. The van der Waals surface area contributed by atoms with Gasteiger partial charge >= 0.3 is 0 Å². The third-order valence-electron chi connectivity index (χ3n) is 0.919. The lowest BCUT2D eigenvalue weighted by Crippen LogP contribution is -1.81. The van der Waals surface area contributed by atoms with Crippen LogP contribution in [0.2, 0.25) is 0 Å². The molecule has 6 heteroatoms. The van der Waals surface area contributed by atoms with E-state index < -0.39 is 11.6 Å². The second kappa shape index (κ2) is 6.78. The van der Waals surface area contributed by atoms with Crippen LogP contribution in [-0.4, -0.2) is 0 Å². The van der Waals surface area contributed by atoms with Crippen LogP contribution in [0.1, 0.15) is 0 Å². The molecule has 0 N–H and O–H groups in total. The van der Waals surface area contributed by atoms with Gasteiger partial charge in [-0.05, 0) is 12.1 Å². The molecule has 0 fully saturated rings. The highest BCUT2D eigenvalue weighted by Gasteiger charge is 2.02. The first-order valence-electron chi connectivity index (χ1n) is 2.33. The van der Waals surface area contributed by atoms with E-state index in [0.29, 0.717) is 0 Å². The molecule has 0 saturated heterocycles. The fourth-order valence-electron chi connectivity index (χ4n) is 0.483. The number of halogens is 5. The minimum atomic E-state index is -0.676. The van der Waals surface area contributed by atoms with Crippen LogP contribution in [0.3, 0.4) is 0 Å². The molecule has 0 atom stereocenters. The van der Waals surface area contributed by atoms with Gasteiger partial charge in [0.1, 0.15) is 16.5 Å². The molecule has 0 aliphatic heterocycles. The van der Waals surface area contributed by atoms with Gasteiger partial charge in [-0.1, -0.05) is 18.7 Å². The maximum atomic E-state index is 12.2. The van der Waals surface area contributed by atoms with Gasteiger partial charge in [0.05, 0.1) is 0 Å². The van der Waals surface area contributed by atoms with Crippen LogP contribution in [0.5, 0.6) is 0 Å². The summed E-state index contributed by atoms with van der Waals surface area (Å²) in [6, 6.07) is 3.54. The zero-order valence-electron chi connectivity index (χ0n) is 5.62. The van der Waals surface area contributed by atoms with Crippen LogP contribution >= 0.6 is 12.6 Å². The standard InChI is InChI=1S/C6H3F2S.3FH/c7-4-2-1-3-5(8)6(4)9;;;/h1-3H;3*1H. The number of rotatable bonds is 0. The zero-order valence-corrected chi connectivity index (χ0v) is 6.44. The van der Waals surface area contributed by atoms with Crippen molar-refractivity contribution in [1.82, 2.24) is 0 Å². The zero-order chi connectivity index (χ0) is 6.85. The van der Waals surface area contributed by atoms with Crippen LogP contribution in [0.15, 0.2) is 23.1 Å². The molecule has 0 aromatic heterocycles. The Morgan fingerprint density at radius 3 is 1.50 bits per heavy atom. The van der Waals surface area contributed by atoms with Crippen molar-refractivity contribution < 1.29 is 22.9 Å². The van der Waals surface area contributed by atoms with E-state index in [1.165, 1.54) is 6.07 Å². The van der Waals surface area contributed by atoms with Gasteiger partial charge in [0, 0.05) is 0 Å². The average molecular weight is 205 g/mol. The Kier molecular flexibility index (Phi) is 9.75. The van der Waals surface area contributed by atoms with Crippen molar-refractivity contribution in [3.63, 3.8) is 0 Å². The molecule has 0 unspecified atom stereocenters. The molecule has 1 aromatic rings. The van der Waals surface area contributed by atoms with Crippen LogP contribution in [0.25, 0.3) is 0 Å². The normalized spacial score (nSPS) is 7.17. The first-order valence-corrected chi connectivity index (χ1v) is 2.73. The Bertz CT molecular complexity index is 207. The summed E-state index contributed by atoms with van der Waals surface area (Å²) in [6.45, 7) is 0. The third-order valence-corrected chi connectivity index (χ3v) is 1.31. The van der Waals surface area contributed by atoms with E-state index in [2.05, 4.69) is 12.6 Å². The Morgan fingerprint density at radius 2 is 1.25 bits per heavy atom. The van der Waals surface area contributed by atoms with Gasteiger partial charge in [0.25, 0.3) is 0 Å². The predicted molar refractivity (Wildman–Crippen MR) is 39.7 cm³/mol. The van der Waals surface area contributed by atoms with E-state index in [-0.39, 0.29) is 19.0 Å². The van der Waals surface area contributed by atoms with Crippen molar-refractivity contribution in [1.29, 1.82) is 0 Å². The summed E-state index contributed by atoms with van der Waals surface area (Å²) >= 11 is 4.34. The quantitative estimate of drug-likeness (QED) is 0.571. The van der Waals surface area contributed by atoms with Gasteiger partial charge in [-0.3, -0.25) is 14.1 Å². The van der Waals surface area contributed by atoms with Gasteiger partial charge in [-0.25, -0.2) is 8.78 Å². The van der Waals surface area contributed by atoms with E-state index in [4.69, 9.17) is 0 Å². The molecular formula is C6H6F5S. The fourth-order valence-corrected chi connectivity index (χ4v) is 0.619. The Morgan fingerprint density at radius 1 is 0.917 bits per heavy atom. The third kappa shape index (κ3) is 3.47. The summed E-state index contributed by atoms with van der Waals surface area (Å²) in [4.78, 5) is -0.336. The maximum absolute atomic E-state index is 12.2. The van der Waals surface area contributed by atoms with E-state index in [9.17, 15) is 8.78 Å². The van der Waals surface area contributed by atoms with Gasteiger partial charge in [-0.15, -0.1) is 0 Å². The Hall–Kier alpha value is -0.910. The smallest absolute Gasteiger partial charge is 0.144 e. The summed E-state index contributed by atoms with van der Waals surface area (Å²) in [5.41, 5.74) is 0. The van der Waals surface area contributed by atoms with Crippen molar-refractivity contribution in [2.24, 2.45) is 0 Å². The summed E-state index contributed by atoms with van der Waals surface area (Å²) in [7, 11) is 0. The summed E-state index contributed by atoms with van der Waals surface area (Å²) < 4.78 is 24.5. The fraction of sp³-hybridized carbons (Fsp3) is 0. The highest BCUT2D eigenvalue weighted by Crippen LogP contribution is 2.14.